The lowest BCUT2D eigenvalue weighted by Crippen LogP contribution is -2.66. The molecule has 5 fully saturated rings. The summed E-state index contributed by atoms with van der Waals surface area (Å²) in [5.74, 6) is -1.16. The van der Waals surface area contributed by atoms with E-state index < -0.39 is 35.3 Å². The van der Waals surface area contributed by atoms with Crippen LogP contribution >= 0.6 is 0 Å². The Balaban J connectivity index is 1.52. The summed E-state index contributed by atoms with van der Waals surface area (Å²) in [6, 6.07) is 4.22. The summed E-state index contributed by atoms with van der Waals surface area (Å²) < 4.78 is 13.7. The molecule has 6 rings (SSSR count). The topological polar surface area (TPSA) is 94.9 Å². The Morgan fingerprint density at radius 3 is 1.83 bits per heavy atom. The van der Waals surface area contributed by atoms with Crippen molar-refractivity contribution >= 4 is 17.8 Å². The average Bonchev–Trinajstić information content (AvgIpc) is 2.63. The summed E-state index contributed by atoms with van der Waals surface area (Å²) in [5, 5.41) is 18.9. The molecule has 2 unspecified atom stereocenters. The second-order valence-electron chi connectivity index (χ2n) is 9.77. The van der Waals surface area contributed by atoms with Crippen LogP contribution in [-0.4, -0.2) is 45.0 Å². The molecule has 0 radical (unpaired) electrons. The molecule has 4 saturated carbocycles. The molecule has 1 saturated heterocycles. The van der Waals surface area contributed by atoms with Crippen LogP contribution in [0.15, 0.2) is 24.3 Å². The predicted octanol–water partition coefficient (Wildman–Crippen LogP) is 3.05. The number of carboxylic acid groups (broad SMARTS) is 2. The lowest BCUT2D eigenvalue weighted by molar-refractivity contribution is -0.174. The molecule has 4 bridgehead atoms. The standard InChI is InChI=1S/C23H26FNO5/c24-17-3-1-14(2-4-17)23(15-6-12-5-13(8-15)9-16(23)7-12)11-20(26)25-18(21(27)28)10-19(25)22(29)30/h1-4,12-13,15-16,18-19H,5-11H2,(H,27,28)(H,29,30). The lowest BCUT2D eigenvalue weighted by atomic mass is 9.43. The van der Waals surface area contributed by atoms with Crippen LogP contribution in [0.4, 0.5) is 4.39 Å². The summed E-state index contributed by atoms with van der Waals surface area (Å²) in [7, 11) is 0. The maximum Gasteiger partial charge on any atom is 0.326 e. The van der Waals surface area contributed by atoms with Gasteiger partial charge in [0.25, 0.3) is 0 Å². The van der Waals surface area contributed by atoms with Crippen molar-refractivity contribution in [3.63, 3.8) is 0 Å². The Bertz CT molecular complexity index is 849. The number of carboxylic acids is 2. The normalized spacial score (nSPS) is 38.9. The van der Waals surface area contributed by atoms with Crippen LogP contribution in [0.3, 0.4) is 0 Å². The lowest BCUT2D eigenvalue weighted by Gasteiger charge is -2.62. The quantitative estimate of drug-likeness (QED) is 0.771. The van der Waals surface area contributed by atoms with Crippen LogP contribution in [0.25, 0.3) is 0 Å². The van der Waals surface area contributed by atoms with Crippen LogP contribution in [0, 0.1) is 29.5 Å². The SMILES string of the molecule is O=C(O)C1CC(C(=O)O)N1C(=O)CC1(c2ccc(F)cc2)C2CC3CC(C2)CC1C3. The molecule has 1 heterocycles. The Morgan fingerprint density at radius 2 is 1.37 bits per heavy atom. The average molecular weight is 415 g/mol. The van der Waals surface area contributed by atoms with E-state index in [-0.39, 0.29) is 30.5 Å². The molecule has 0 aromatic heterocycles. The van der Waals surface area contributed by atoms with Crippen molar-refractivity contribution < 1.29 is 29.0 Å². The molecule has 30 heavy (non-hydrogen) atoms. The first-order chi connectivity index (χ1) is 14.3. The molecule has 1 amide bonds. The third-order valence-corrected chi connectivity index (χ3v) is 8.40. The van der Waals surface area contributed by atoms with Crippen molar-refractivity contribution in [2.75, 3.05) is 0 Å². The van der Waals surface area contributed by atoms with E-state index in [2.05, 4.69) is 0 Å². The van der Waals surface area contributed by atoms with E-state index in [9.17, 15) is 29.0 Å². The fourth-order valence-electron chi connectivity index (χ4n) is 7.29. The Morgan fingerprint density at radius 1 is 0.867 bits per heavy atom. The van der Waals surface area contributed by atoms with E-state index in [1.807, 2.05) is 0 Å². The number of benzene rings is 1. The molecule has 6 nitrogen and oxygen atoms in total. The van der Waals surface area contributed by atoms with Crippen LogP contribution in [-0.2, 0) is 19.8 Å². The second kappa shape index (κ2) is 6.79. The minimum absolute atomic E-state index is 0.0586. The Kier molecular flexibility index (Phi) is 4.42. The first-order valence-corrected chi connectivity index (χ1v) is 10.8. The van der Waals surface area contributed by atoms with Crippen LogP contribution in [0.5, 0.6) is 0 Å². The zero-order chi connectivity index (χ0) is 21.2. The van der Waals surface area contributed by atoms with Crippen molar-refractivity contribution in [1.82, 2.24) is 4.90 Å². The molecule has 160 valence electrons. The van der Waals surface area contributed by atoms with E-state index in [1.165, 1.54) is 18.6 Å². The number of aliphatic carboxylic acids is 2. The van der Waals surface area contributed by atoms with Gasteiger partial charge in [-0.15, -0.1) is 0 Å². The fraction of sp³-hybridized carbons (Fsp3) is 0.609. The van der Waals surface area contributed by atoms with Gasteiger partial charge in [0.1, 0.15) is 17.9 Å². The van der Waals surface area contributed by atoms with Crippen molar-refractivity contribution in [2.24, 2.45) is 23.7 Å². The van der Waals surface area contributed by atoms with E-state index in [4.69, 9.17) is 0 Å². The van der Waals surface area contributed by atoms with Crippen molar-refractivity contribution in [1.29, 1.82) is 0 Å². The number of nitrogens with zero attached hydrogens (tertiary/aromatic N) is 1. The van der Waals surface area contributed by atoms with Gasteiger partial charge in [0.2, 0.25) is 5.91 Å². The van der Waals surface area contributed by atoms with Gasteiger partial charge in [0.15, 0.2) is 0 Å². The fourth-order valence-corrected chi connectivity index (χ4v) is 7.29. The highest BCUT2D eigenvalue weighted by Crippen LogP contribution is 2.64. The Labute approximate surface area is 174 Å². The molecular weight excluding hydrogens is 389 g/mol. The first kappa shape index (κ1) is 19.5. The molecule has 1 aliphatic heterocycles. The number of rotatable bonds is 5. The summed E-state index contributed by atoms with van der Waals surface area (Å²) in [5.41, 5.74) is 0.463. The summed E-state index contributed by atoms with van der Waals surface area (Å²) in [4.78, 5) is 37.6. The largest absolute Gasteiger partial charge is 0.480 e. The van der Waals surface area contributed by atoms with Crippen molar-refractivity contribution in [2.45, 2.75) is 62.4 Å². The van der Waals surface area contributed by atoms with Gasteiger partial charge in [-0.1, -0.05) is 12.1 Å². The first-order valence-electron chi connectivity index (χ1n) is 10.8. The minimum atomic E-state index is -1.17. The molecule has 1 aromatic rings. The highest BCUT2D eigenvalue weighted by atomic mass is 19.1. The van der Waals surface area contributed by atoms with Crippen LogP contribution in [0.2, 0.25) is 0 Å². The third-order valence-electron chi connectivity index (χ3n) is 8.40. The maximum absolute atomic E-state index is 13.7. The summed E-state index contributed by atoms with van der Waals surface area (Å²) in [6.45, 7) is 0. The summed E-state index contributed by atoms with van der Waals surface area (Å²) in [6.07, 6.45) is 5.40. The molecule has 7 heteroatoms. The van der Waals surface area contributed by atoms with E-state index in [0.717, 1.165) is 36.1 Å². The van der Waals surface area contributed by atoms with Gasteiger partial charge in [-0.3, -0.25) is 4.79 Å². The zero-order valence-corrected chi connectivity index (χ0v) is 16.7. The maximum atomic E-state index is 13.7. The molecule has 5 aliphatic rings. The molecule has 1 aromatic carbocycles. The molecule has 4 aliphatic carbocycles. The van der Waals surface area contributed by atoms with Gasteiger partial charge < -0.3 is 15.1 Å². The highest BCUT2D eigenvalue weighted by Gasteiger charge is 2.60. The highest BCUT2D eigenvalue weighted by molar-refractivity contribution is 5.92. The van der Waals surface area contributed by atoms with Crippen molar-refractivity contribution in [3.05, 3.63) is 35.6 Å². The number of likely N-dealkylation sites (tertiary alicyclic amines) is 1. The van der Waals surface area contributed by atoms with E-state index in [1.54, 1.807) is 12.1 Å². The molecule has 2 N–H and O–H groups in total. The predicted molar refractivity (Wildman–Crippen MR) is 104 cm³/mol. The van der Waals surface area contributed by atoms with Gasteiger partial charge in [0, 0.05) is 18.3 Å². The van der Waals surface area contributed by atoms with Gasteiger partial charge >= 0.3 is 11.9 Å². The minimum Gasteiger partial charge on any atom is -0.480 e. The number of carbonyl (C=O) groups is 3. The monoisotopic (exact) mass is 415 g/mol. The van der Waals surface area contributed by atoms with Gasteiger partial charge in [-0.25, -0.2) is 14.0 Å². The van der Waals surface area contributed by atoms with Crippen molar-refractivity contribution in [3.8, 4) is 0 Å². The molecular formula is C23H26FNO5. The van der Waals surface area contributed by atoms with Gasteiger partial charge in [-0.05, 0) is 73.5 Å². The number of halogens is 1. The Hall–Kier alpha value is -2.44. The number of carbonyl (C=O) groups excluding carboxylic acids is 1. The van der Waals surface area contributed by atoms with Gasteiger partial charge in [0.05, 0.1) is 0 Å². The van der Waals surface area contributed by atoms with Crippen LogP contribution in [0.1, 0.15) is 50.5 Å². The van der Waals surface area contributed by atoms with Crippen LogP contribution < -0.4 is 0 Å². The van der Waals surface area contributed by atoms with E-state index in [0.29, 0.717) is 11.8 Å². The second-order valence-corrected chi connectivity index (χ2v) is 9.77. The number of amides is 1. The molecule has 0 spiro atoms. The van der Waals surface area contributed by atoms with Gasteiger partial charge in [-0.2, -0.15) is 0 Å². The number of hydrogen-bond acceptors (Lipinski definition) is 3. The zero-order valence-electron chi connectivity index (χ0n) is 16.7. The number of hydrogen-bond donors (Lipinski definition) is 2. The molecule has 2 atom stereocenters. The smallest absolute Gasteiger partial charge is 0.326 e. The summed E-state index contributed by atoms with van der Waals surface area (Å²) >= 11 is 0. The van der Waals surface area contributed by atoms with E-state index >= 15 is 0 Å². The third kappa shape index (κ3) is 2.77.